The number of ether oxygens (including phenoxy) is 2. The van der Waals surface area contributed by atoms with Crippen LogP contribution in [0.2, 0.25) is 0 Å². The van der Waals surface area contributed by atoms with Crippen LogP contribution in [0.1, 0.15) is 46.5 Å². The summed E-state index contributed by atoms with van der Waals surface area (Å²) in [5.74, 6) is -0.0986. The fourth-order valence-corrected chi connectivity index (χ4v) is 3.44. The number of carbonyl (C=O) groups excluding carboxylic acids is 2. The van der Waals surface area contributed by atoms with E-state index in [9.17, 15) is 9.59 Å². The van der Waals surface area contributed by atoms with Crippen LogP contribution in [-0.4, -0.2) is 66.8 Å². The summed E-state index contributed by atoms with van der Waals surface area (Å²) in [5.41, 5.74) is -0.450. The monoisotopic (exact) mass is 326 g/mol. The van der Waals surface area contributed by atoms with Crippen LogP contribution >= 0.6 is 0 Å². The second kappa shape index (κ2) is 7.51. The summed E-state index contributed by atoms with van der Waals surface area (Å²) in [4.78, 5) is 28.1. The minimum absolute atomic E-state index is 0.00219. The van der Waals surface area contributed by atoms with Gasteiger partial charge in [0.2, 0.25) is 0 Å². The lowest BCUT2D eigenvalue weighted by Gasteiger charge is -2.41. The van der Waals surface area contributed by atoms with Crippen LogP contribution in [-0.2, 0) is 14.3 Å². The largest absolute Gasteiger partial charge is 0.469 e. The molecule has 0 aromatic heterocycles. The van der Waals surface area contributed by atoms with Crippen LogP contribution in [0, 0.1) is 5.92 Å². The first-order valence-corrected chi connectivity index (χ1v) is 8.60. The fraction of sp³-hybridized carbons (Fsp3) is 0.882. The molecule has 132 valence electrons. The summed E-state index contributed by atoms with van der Waals surface area (Å²) < 4.78 is 10.3. The molecule has 2 aliphatic heterocycles. The first-order chi connectivity index (χ1) is 10.8. The summed E-state index contributed by atoms with van der Waals surface area (Å²) in [7, 11) is 1.46. The summed E-state index contributed by atoms with van der Waals surface area (Å²) in [6, 6.07) is 0.446. The van der Waals surface area contributed by atoms with E-state index in [0.29, 0.717) is 6.04 Å². The highest BCUT2D eigenvalue weighted by Gasteiger charge is 2.33. The molecule has 2 rings (SSSR count). The van der Waals surface area contributed by atoms with Crippen molar-refractivity contribution in [2.45, 2.75) is 58.1 Å². The number of esters is 1. The third-order valence-electron chi connectivity index (χ3n) is 4.62. The quantitative estimate of drug-likeness (QED) is 0.729. The molecule has 2 saturated heterocycles. The van der Waals surface area contributed by atoms with Gasteiger partial charge in [-0.1, -0.05) is 0 Å². The molecule has 2 fully saturated rings. The smallest absolute Gasteiger partial charge is 0.410 e. The third kappa shape index (κ3) is 5.09. The van der Waals surface area contributed by atoms with Gasteiger partial charge in [-0.25, -0.2) is 4.79 Å². The number of likely N-dealkylation sites (tertiary alicyclic amines) is 2. The number of hydrogen-bond acceptors (Lipinski definition) is 5. The molecule has 1 atom stereocenters. The Kier molecular flexibility index (Phi) is 5.89. The molecule has 0 aromatic rings. The maximum absolute atomic E-state index is 12.1. The number of amides is 1. The van der Waals surface area contributed by atoms with E-state index >= 15 is 0 Å². The SMILES string of the molecule is COC(=O)C1CCCN(C2CCN(C(=O)OC(C)(C)C)CC2)C1. The van der Waals surface area contributed by atoms with Crippen LogP contribution in [0.3, 0.4) is 0 Å². The topological polar surface area (TPSA) is 59.1 Å². The van der Waals surface area contributed by atoms with Gasteiger partial charge < -0.3 is 14.4 Å². The molecule has 1 unspecified atom stereocenters. The minimum Gasteiger partial charge on any atom is -0.469 e. The Morgan fingerprint density at radius 1 is 1.04 bits per heavy atom. The molecule has 0 bridgehead atoms. The van der Waals surface area contributed by atoms with Crippen molar-refractivity contribution in [3.05, 3.63) is 0 Å². The average molecular weight is 326 g/mol. The van der Waals surface area contributed by atoms with Gasteiger partial charge in [-0.15, -0.1) is 0 Å². The average Bonchev–Trinajstić information content (AvgIpc) is 2.53. The highest BCUT2D eigenvalue weighted by Crippen LogP contribution is 2.25. The van der Waals surface area contributed by atoms with Crippen molar-refractivity contribution < 1.29 is 19.1 Å². The van der Waals surface area contributed by atoms with E-state index < -0.39 is 5.60 Å². The van der Waals surface area contributed by atoms with Crippen LogP contribution in [0.4, 0.5) is 4.79 Å². The molecule has 23 heavy (non-hydrogen) atoms. The van der Waals surface area contributed by atoms with Crippen molar-refractivity contribution in [1.29, 1.82) is 0 Å². The maximum Gasteiger partial charge on any atom is 0.410 e. The first-order valence-electron chi connectivity index (χ1n) is 8.60. The Morgan fingerprint density at radius 2 is 1.70 bits per heavy atom. The fourth-order valence-electron chi connectivity index (χ4n) is 3.44. The summed E-state index contributed by atoms with van der Waals surface area (Å²) >= 11 is 0. The lowest BCUT2D eigenvalue weighted by molar-refractivity contribution is -0.147. The number of piperidine rings is 2. The molecule has 2 heterocycles. The number of rotatable bonds is 2. The van der Waals surface area contributed by atoms with Gasteiger partial charge >= 0.3 is 12.1 Å². The maximum atomic E-state index is 12.1. The second-order valence-electron chi connectivity index (χ2n) is 7.56. The van der Waals surface area contributed by atoms with Gasteiger partial charge in [-0.05, 0) is 53.0 Å². The van der Waals surface area contributed by atoms with Crippen molar-refractivity contribution in [1.82, 2.24) is 9.80 Å². The van der Waals surface area contributed by atoms with Gasteiger partial charge in [0, 0.05) is 25.7 Å². The number of methoxy groups -OCH3 is 1. The van der Waals surface area contributed by atoms with E-state index in [1.165, 1.54) is 7.11 Å². The Balaban J connectivity index is 1.82. The standard InChI is InChI=1S/C17H30N2O4/c1-17(2,3)23-16(21)18-10-7-14(8-11-18)19-9-5-6-13(12-19)15(20)22-4/h13-14H,5-12H2,1-4H3. The Labute approximate surface area is 139 Å². The lowest BCUT2D eigenvalue weighted by atomic mass is 9.94. The molecule has 0 radical (unpaired) electrons. The molecular formula is C17H30N2O4. The highest BCUT2D eigenvalue weighted by molar-refractivity contribution is 5.72. The predicted octanol–water partition coefficient (Wildman–Crippen LogP) is 2.27. The molecule has 0 spiro atoms. The molecular weight excluding hydrogens is 296 g/mol. The summed E-state index contributed by atoms with van der Waals surface area (Å²) in [5, 5.41) is 0. The molecule has 6 heteroatoms. The van der Waals surface area contributed by atoms with E-state index in [0.717, 1.165) is 51.9 Å². The van der Waals surface area contributed by atoms with Gasteiger partial charge in [0.05, 0.1) is 13.0 Å². The van der Waals surface area contributed by atoms with Gasteiger partial charge in [0.25, 0.3) is 0 Å². The van der Waals surface area contributed by atoms with Gasteiger partial charge in [-0.2, -0.15) is 0 Å². The van der Waals surface area contributed by atoms with Crippen LogP contribution < -0.4 is 0 Å². The highest BCUT2D eigenvalue weighted by atomic mass is 16.6. The molecule has 0 aromatic carbocycles. The molecule has 0 aliphatic carbocycles. The first kappa shape index (κ1) is 18.0. The molecule has 0 saturated carbocycles. The molecule has 1 amide bonds. The van der Waals surface area contributed by atoms with Crippen molar-refractivity contribution in [2.75, 3.05) is 33.3 Å². The molecule has 6 nitrogen and oxygen atoms in total. The predicted molar refractivity (Wildman–Crippen MR) is 87.1 cm³/mol. The normalized spacial score (nSPS) is 24.3. The number of nitrogens with zero attached hydrogens (tertiary/aromatic N) is 2. The van der Waals surface area contributed by atoms with E-state index in [4.69, 9.17) is 9.47 Å². The van der Waals surface area contributed by atoms with Gasteiger partial charge in [0.15, 0.2) is 0 Å². The number of hydrogen-bond donors (Lipinski definition) is 0. The minimum atomic E-state index is -0.450. The van der Waals surface area contributed by atoms with Crippen LogP contribution in [0.15, 0.2) is 0 Å². The number of carbonyl (C=O) groups is 2. The zero-order valence-electron chi connectivity index (χ0n) is 14.8. The van der Waals surface area contributed by atoms with Crippen molar-refractivity contribution in [3.63, 3.8) is 0 Å². The van der Waals surface area contributed by atoms with E-state index in [2.05, 4.69) is 4.90 Å². The zero-order valence-corrected chi connectivity index (χ0v) is 14.8. The van der Waals surface area contributed by atoms with Crippen LogP contribution in [0.5, 0.6) is 0 Å². The van der Waals surface area contributed by atoms with Gasteiger partial charge in [-0.3, -0.25) is 9.69 Å². The van der Waals surface area contributed by atoms with Crippen molar-refractivity contribution >= 4 is 12.1 Å². The van der Waals surface area contributed by atoms with E-state index in [-0.39, 0.29) is 18.0 Å². The van der Waals surface area contributed by atoms with E-state index in [1.54, 1.807) is 4.90 Å². The Bertz CT molecular complexity index is 425. The Morgan fingerprint density at radius 3 is 2.26 bits per heavy atom. The third-order valence-corrected chi connectivity index (χ3v) is 4.62. The summed E-state index contributed by atoms with van der Waals surface area (Å²) in [6.45, 7) is 8.92. The zero-order chi connectivity index (χ0) is 17.0. The second-order valence-corrected chi connectivity index (χ2v) is 7.56. The molecule has 2 aliphatic rings. The van der Waals surface area contributed by atoms with Crippen molar-refractivity contribution in [3.8, 4) is 0 Å². The van der Waals surface area contributed by atoms with E-state index in [1.807, 2.05) is 20.8 Å². The van der Waals surface area contributed by atoms with Gasteiger partial charge in [0.1, 0.15) is 5.60 Å². The lowest BCUT2D eigenvalue weighted by Crippen LogP contribution is -2.51. The molecule has 0 N–H and O–H groups in total. The Hall–Kier alpha value is -1.30. The summed E-state index contributed by atoms with van der Waals surface area (Å²) in [6.07, 6.45) is 3.61. The van der Waals surface area contributed by atoms with Crippen LogP contribution in [0.25, 0.3) is 0 Å². The van der Waals surface area contributed by atoms with Crippen molar-refractivity contribution in [2.24, 2.45) is 5.92 Å².